The van der Waals surface area contributed by atoms with Gasteiger partial charge in [-0.3, -0.25) is 0 Å². The second kappa shape index (κ2) is 5.57. The van der Waals surface area contributed by atoms with Crippen molar-refractivity contribution in [2.75, 3.05) is 6.61 Å². The average Bonchev–Trinajstić information content (AvgIpc) is 3.05. The number of nitrogens with one attached hydrogen (secondary N) is 1. The van der Waals surface area contributed by atoms with Crippen LogP contribution in [0.25, 0.3) is 0 Å². The van der Waals surface area contributed by atoms with Crippen LogP contribution >= 0.6 is 22.6 Å². The molecule has 2 atom stereocenters. The van der Waals surface area contributed by atoms with Crippen LogP contribution < -0.4 is 25.0 Å². The molecule has 0 aliphatic carbocycles. The van der Waals surface area contributed by atoms with E-state index in [1.54, 1.807) is 22.6 Å². The Hall–Kier alpha value is 0.430. The van der Waals surface area contributed by atoms with Gasteiger partial charge in [0.2, 0.25) is 0 Å². The summed E-state index contributed by atoms with van der Waals surface area (Å²) in [6, 6.07) is 0. The second-order valence-electron chi connectivity index (χ2n) is 4.09. The Morgan fingerprint density at radius 2 is 1.70 bits per heavy atom. The van der Waals surface area contributed by atoms with Gasteiger partial charge in [0.15, 0.2) is 0 Å². The molecule has 0 spiro atoms. The molecule has 0 bridgehead atoms. The van der Waals surface area contributed by atoms with Gasteiger partial charge < -0.3 is 0 Å². The van der Waals surface area contributed by atoms with E-state index >= 15 is 0 Å². The molecule has 120 valence electrons. The van der Waals surface area contributed by atoms with Crippen LogP contribution in [0.15, 0.2) is 0 Å². The Labute approximate surface area is 133 Å². The minimum absolute atomic E-state index is 0.278. The van der Waals surface area contributed by atoms with Gasteiger partial charge in [0.05, 0.1) is 0 Å². The number of hydrogen-bond donors (Lipinski definition) is 2. The van der Waals surface area contributed by atoms with Crippen LogP contribution in [-0.2, 0) is 9.53 Å². The van der Waals surface area contributed by atoms with Crippen LogP contribution in [-0.4, -0.2) is 43.1 Å². The number of carbonyl (C=O) groups is 1. The molecule has 0 radical (unpaired) electrons. The first-order chi connectivity index (χ1) is 8.73. The van der Waals surface area contributed by atoms with Crippen LogP contribution in [0.1, 0.15) is 6.92 Å². The first-order valence-electron chi connectivity index (χ1n) is 4.83. The predicted octanol–water partition coefficient (Wildman–Crippen LogP) is -1.49. The Balaban J connectivity index is 2.81. The topological polar surface area (TPSA) is 68.5 Å². The molecule has 0 aromatic heterocycles. The SMILES string of the molecule is CC(I)(C(=O)OCC(O)(C(F)(F)F)C(F)(F)F)C1N[I-]1. The summed E-state index contributed by atoms with van der Waals surface area (Å²) in [6.45, 7) is -0.886. The molecule has 1 saturated heterocycles. The van der Waals surface area contributed by atoms with Crippen LogP contribution in [0.3, 0.4) is 0 Å². The molecule has 2 N–H and O–H groups in total. The molecule has 0 aromatic carbocycles. The molecule has 1 rings (SSSR count). The quantitative estimate of drug-likeness (QED) is 0.0879. The summed E-state index contributed by atoms with van der Waals surface area (Å²) in [4.78, 5) is 11.5. The van der Waals surface area contributed by atoms with E-state index in [-0.39, 0.29) is 4.05 Å². The number of hydrogen-bond acceptors (Lipinski definition) is 4. The van der Waals surface area contributed by atoms with Gasteiger partial charge in [-0.25, -0.2) is 0 Å². The van der Waals surface area contributed by atoms with E-state index in [0.29, 0.717) is 0 Å². The summed E-state index contributed by atoms with van der Waals surface area (Å²) in [5.41, 5.74) is -5.07. The summed E-state index contributed by atoms with van der Waals surface area (Å²) in [7, 11) is 0. The number of rotatable bonds is 4. The maximum atomic E-state index is 12.3. The van der Waals surface area contributed by atoms with Crippen molar-refractivity contribution in [3.05, 3.63) is 0 Å². The van der Waals surface area contributed by atoms with E-state index in [9.17, 15) is 31.1 Å². The Morgan fingerprint density at radius 1 is 1.30 bits per heavy atom. The monoisotopic (exact) mass is 534 g/mol. The molecule has 1 aliphatic heterocycles. The van der Waals surface area contributed by atoms with Crippen molar-refractivity contribution in [2.45, 2.75) is 32.3 Å². The number of halogens is 8. The van der Waals surface area contributed by atoms with Crippen molar-refractivity contribution < 1.29 is 62.5 Å². The summed E-state index contributed by atoms with van der Waals surface area (Å²) in [6.07, 6.45) is -12.0. The van der Waals surface area contributed by atoms with Gasteiger partial charge >= 0.3 is 134 Å². The zero-order valence-corrected chi connectivity index (χ0v) is 13.9. The van der Waals surface area contributed by atoms with Gasteiger partial charge in [0, 0.05) is 0 Å². The molecule has 12 heteroatoms. The van der Waals surface area contributed by atoms with Gasteiger partial charge in [0.1, 0.15) is 0 Å². The molecular weight excluding hydrogens is 526 g/mol. The third-order valence-corrected chi connectivity index (χ3v) is 7.19. The third kappa shape index (κ3) is 3.60. The van der Waals surface area contributed by atoms with Crippen LogP contribution in [0.4, 0.5) is 26.3 Å². The van der Waals surface area contributed by atoms with Crippen molar-refractivity contribution in [1.29, 1.82) is 0 Å². The summed E-state index contributed by atoms with van der Waals surface area (Å²) in [5, 5.41) is 8.81. The average molecular weight is 534 g/mol. The number of esters is 1. The van der Waals surface area contributed by atoms with Gasteiger partial charge in [-0.15, -0.1) is 0 Å². The summed E-state index contributed by atoms with van der Waals surface area (Å²) < 4.78 is 79.4. The Kier molecular flexibility index (Phi) is 5.14. The van der Waals surface area contributed by atoms with Crippen LogP contribution in [0.2, 0.25) is 0 Å². The van der Waals surface area contributed by atoms with Crippen LogP contribution in [0, 0.1) is 0 Å². The van der Waals surface area contributed by atoms with Crippen molar-refractivity contribution in [2.24, 2.45) is 0 Å². The molecule has 1 aliphatic rings. The van der Waals surface area contributed by atoms with E-state index in [1.807, 2.05) is 0 Å². The van der Waals surface area contributed by atoms with E-state index in [1.165, 1.54) is 6.92 Å². The van der Waals surface area contributed by atoms with E-state index in [0.717, 1.165) is 0 Å². The Morgan fingerprint density at radius 3 is 2.00 bits per heavy atom. The predicted molar refractivity (Wildman–Crippen MR) is 57.4 cm³/mol. The molecule has 0 saturated carbocycles. The fourth-order valence-electron chi connectivity index (χ4n) is 0.975. The van der Waals surface area contributed by atoms with Crippen molar-refractivity contribution in [1.82, 2.24) is 3.53 Å². The first-order valence-corrected chi connectivity index (χ1v) is 8.23. The van der Waals surface area contributed by atoms with Gasteiger partial charge in [-0.1, -0.05) is 0 Å². The number of alkyl halides is 8. The van der Waals surface area contributed by atoms with E-state index in [2.05, 4.69) is 8.27 Å². The van der Waals surface area contributed by atoms with E-state index in [4.69, 9.17) is 5.11 Å². The molecule has 0 amide bonds. The summed E-state index contributed by atoms with van der Waals surface area (Å²) >= 11 is 1.09. The van der Waals surface area contributed by atoms with Crippen LogP contribution in [0.5, 0.6) is 0 Å². The second-order valence-corrected chi connectivity index (χ2v) is 8.82. The molecule has 4 nitrogen and oxygen atoms in total. The fourth-order valence-corrected chi connectivity index (χ4v) is 4.31. The molecule has 0 aromatic rings. The van der Waals surface area contributed by atoms with Crippen molar-refractivity contribution in [3.63, 3.8) is 0 Å². The van der Waals surface area contributed by atoms with Gasteiger partial charge in [0.25, 0.3) is 0 Å². The first kappa shape index (κ1) is 18.5. The molecular formula is C8H8F6I2NO3-. The number of aliphatic hydroxyl groups is 1. The Bertz CT molecular complexity index is 379. The molecule has 2 unspecified atom stereocenters. The van der Waals surface area contributed by atoms with Crippen molar-refractivity contribution >= 4 is 28.6 Å². The van der Waals surface area contributed by atoms with Gasteiger partial charge in [-0.2, -0.15) is 0 Å². The van der Waals surface area contributed by atoms with Gasteiger partial charge in [-0.05, 0) is 0 Å². The standard InChI is InChI=1S/C8H8F6I2NO3/c1-5(15,3-16-17-3)4(18)20-2-6(19,7(9,10)11)8(12,13)14/h3,17,19H,2H2,1H3/q-1. The van der Waals surface area contributed by atoms with E-state index < -0.39 is 55.4 Å². The normalized spacial score (nSPS) is 23.6. The molecule has 20 heavy (non-hydrogen) atoms. The zero-order chi connectivity index (χ0) is 16.0. The summed E-state index contributed by atoms with van der Waals surface area (Å²) in [5.74, 6) is -1.24. The molecule has 1 heterocycles. The zero-order valence-electron chi connectivity index (χ0n) is 9.57. The minimum atomic E-state index is -6.00. The third-order valence-electron chi connectivity index (χ3n) is 2.44. The maximum absolute atomic E-state index is 12.3. The molecule has 1 fully saturated rings. The van der Waals surface area contributed by atoms with Crippen molar-refractivity contribution in [3.8, 4) is 0 Å². The number of ether oxygens (including phenoxy) is 1. The number of carbonyl (C=O) groups excluding carboxylic acids is 1. The fraction of sp³-hybridized carbons (Fsp3) is 0.875.